The van der Waals surface area contributed by atoms with E-state index in [1.165, 1.54) is 0 Å². The molecule has 0 saturated heterocycles. The van der Waals surface area contributed by atoms with E-state index >= 15 is 0 Å². The van der Waals surface area contributed by atoms with E-state index in [-0.39, 0.29) is 11.8 Å². The second kappa shape index (κ2) is 6.05. The number of carbonyl (C=O) groups is 1. The molecule has 19 heavy (non-hydrogen) atoms. The van der Waals surface area contributed by atoms with Crippen LogP contribution in [0.15, 0.2) is 54.6 Å². The number of hydrogen-bond acceptors (Lipinski definition) is 2. The highest BCUT2D eigenvalue weighted by molar-refractivity contribution is 5.81. The molecular weight excluding hydrogens is 238 g/mol. The lowest BCUT2D eigenvalue weighted by Crippen LogP contribution is -2.18. The number of hydrogen-bond donors (Lipinski definition) is 1. The van der Waals surface area contributed by atoms with Crippen LogP contribution < -0.4 is 10.5 Å². The maximum Gasteiger partial charge on any atom is 0.224 e. The zero-order valence-corrected chi connectivity index (χ0v) is 10.9. The predicted octanol–water partition coefficient (Wildman–Crippen LogP) is 2.85. The van der Waals surface area contributed by atoms with E-state index in [4.69, 9.17) is 10.5 Å². The SMILES string of the molecule is CC(C(N)=O)c1cccc(OCc2ccccc2)c1. The molecule has 0 saturated carbocycles. The molecule has 2 aromatic carbocycles. The van der Waals surface area contributed by atoms with Crippen LogP contribution in [0.5, 0.6) is 5.75 Å². The highest BCUT2D eigenvalue weighted by atomic mass is 16.5. The lowest BCUT2D eigenvalue weighted by Gasteiger charge is -2.11. The average Bonchev–Trinajstić information content (AvgIpc) is 2.45. The number of carbonyl (C=O) groups excluding carboxylic acids is 1. The lowest BCUT2D eigenvalue weighted by atomic mass is 10.0. The molecule has 98 valence electrons. The van der Waals surface area contributed by atoms with Crippen molar-refractivity contribution in [3.63, 3.8) is 0 Å². The standard InChI is InChI=1S/C16H17NO2/c1-12(16(17)18)14-8-5-9-15(10-14)19-11-13-6-3-2-4-7-13/h2-10,12H,11H2,1H3,(H2,17,18). The van der Waals surface area contributed by atoms with Crippen molar-refractivity contribution in [2.75, 3.05) is 0 Å². The summed E-state index contributed by atoms with van der Waals surface area (Å²) >= 11 is 0. The van der Waals surface area contributed by atoms with Gasteiger partial charge in [-0.05, 0) is 30.2 Å². The Hall–Kier alpha value is -2.29. The summed E-state index contributed by atoms with van der Waals surface area (Å²) in [5.41, 5.74) is 7.28. The van der Waals surface area contributed by atoms with Crippen LogP contribution in [-0.4, -0.2) is 5.91 Å². The van der Waals surface area contributed by atoms with Crippen molar-refractivity contribution in [3.05, 3.63) is 65.7 Å². The number of nitrogens with two attached hydrogens (primary N) is 1. The largest absolute Gasteiger partial charge is 0.489 e. The van der Waals surface area contributed by atoms with Gasteiger partial charge in [0.2, 0.25) is 5.91 Å². The first-order valence-electron chi connectivity index (χ1n) is 6.23. The Labute approximate surface area is 113 Å². The van der Waals surface area contributed by atoms with Gasteiger partial charge in [0, 0.05) is 0 Å². The van der Waals surface area contributed by atoms with Crippen molar-refractivity contribution in [1.29, 1.82) is 0 Å². The fourth-order valence-electron chi connectivity index (χ4n) is 1.78. The quantitative estimate of drug-likeness (QED) is 0.893. The Morgan fingerprint density at radius 1 is 1.16 bits per heavy atom. The van der Waals surface area contributed by atoms with Crippen LogP contribution in [0.1, 0.15) is 24.0 Å². The number of benzene rings is 2. The van der Waals surface area contributed by atoms with Gasteiger partial charge in [-0.25, -0.2) is 0 Å². The molecule has 3 nitrogen and oxygen atoms in total. The van der Waals surface area contributed by atoms with E-state index in [9.17, 15) is 4.79 Å². The monoisotopic (exact) mass is 255 g/mol. The number of primary amides is 1. The van der Waals surface area contributed by atoms with Gasteiger partial charge in [0.15, 0.2) is 0 Å². The van der Waals surface area contributed by atoms with Crippen LogP contribution >= 0.6 is 0 Å². The molecule has 0 radical (unpaired) electrons. The topological polar surface area (TPSA) is 52.3 Å². The van der Waals surface area contributed by atoms with Gasteiger partial charge in [0.25, 0.3) is 0 Å². The van der Waals surface area contributed by atoms with Crippen molar-refractivity contribution in [1.82, 2.24) is 0 Å². The normalized spacial score (nSPS) is 11.8. The Kier molecular flexibility index (Phi) is 4.18. The minimum absolute atomic E-state index is 0.305. The molecule has 2 aromatic rings. The summed E-state index contributed by atoms with van der Waals surface area (Å²) in [6, 6.07) is 17.4. The second-order valence-corrected chi connectivity index (χ2v) is 4.47. The highest BCUT2D eigenvalue weighted by Crippen LogP contribution is 2.21. The third-order valence-corrected chi connectivity index (χ3v) is 3.03. The van der Waals surface area contributed by atoms with Crippen LogP contribution in [-0.2, 0) is 11.4 Å². The van der Waals surface area contributed by atoms with Crippen LogP contribution in [0.4, 0.5) is 0 Å². The first kappa shape index (κ1) is 13.1. The van der Waals surface area contributed by atoms with Gasteiger partial charge in [-0.2, -0.15) is 0 Å². The second-order valence-electron chi connectivity index (χ2n) is 4.47. The Morgan fingerprint density at radius 3 is 2.58 bits per heavy atom. The number of amides is 1. The summed E-state index contributed by atoms with van der Waals surface area (Å²) in [6.07, 6.45) is 0. The fourth-order valence-corrected chi connectivity index (χ4v) is 1.78. The van der Waals surface area contributed by atoms with Gasteiger partial charge in [-0.15, -0.1) is 0 Å². The molecule has 1 atom stereocenters. The summed E-state index contributed by atoms with van der Waals surface area (Å²) in [4.78, 5) is 11.2. The summed E-state index contributed by atoms with van der Waals surface area (Å²) in [6.45, 7) is 2.30. The summed E-state index contributed by atoms with van der Waals surface area (Å²) in [5.74, 6) is 0.106. The van der Waals surface area contributed by atoms with E-state index in [0.717, 1.165) is 16.9 Å². The van der Waals surface area contributed by atoms with Gasteiger partial charge in [0.1, 0.15) is 12.4 Å². The Bertz CT molecular complexity index is 552. The maximum atomic E-state index is 11.2. The minimum Gasteiger partial charge on any atom is -0.489 e. The van der Waals surface area contributed by atoms with Gasteiger partial charge < -0.3 is 10.5 Å². The highest BCUT2D eigenvalue weighted by Gasteiger charge is 2.11. The zero-order valence-electron chi connectivity index (χ0n) is 10.9. The molecule has 0 fully saturated rings. The van der Waals surface area contributed by atoms with E-state index < -0.39 is 0 Å². The van der Waals surface area contributed by atoms with Crippen molar-refractivity contribution in [2.45, 2.75) is 19.4 Å². The maximum absolute atomic E-state index is 11.2. The predicted molar refractivity (Wildman–Crippen MR) is 74.8 cm³/mol. The smallest absolute Gasteiger partial charge is 0.224 e. The first-order chi connectivity index (χ1) is 9.16. The molecule has 2 N–H and O–H groups in total. The van der Waals surface area contributed by atoms with Gasteiger partial charge in [0.05, 0.1) is 5.92 Å². The van der Waals surface area contributed by atoms with Crippen molar-refractivity contribution < 1.29 is 9.53 Å². The van der Waals surface area contributed by atoms with Gasteiger partial charge in [-0.3, -0.25) is 4.79 Å². The Balaban J connectivity index is 2.05. The average molecular weight is 255 g/mol. The van der Waals surface area contributed by atoms with E-state index in [0.29, 0.717) is 6.61 Å². The Morgan fingerprint density at radius 2 is 1.89 bits per heavy atom. The first-order valence-corrected chi connectivity index (χ1v) is 6.23. The zero-order chi connectivity index (χ0) is 13.7. The van der Waals surface area contributed by atoms with Crippen LogP contribution in [0, 0.1) is 0 Å². The molecule has 0 spiro atoms. The molecule has 1 amide bonds. The fraction of sp³-hybridized carbons (Fsp3) is 0.188. The molecule has 0 heterocycles. The summed E-state index contributed by atoms with van der Waals surface area (Å²) in [5, 5.41) is 0. The van der Waals surface area contributed by atoms with Crippen LogP contribution in [0.2, 0.25) is 0 Å². The van der Waals surface area contributed by atoms with Gasteiger partial charge >= 0.3 is 0 Å². The third kappa shape index (κ3) is 3.58. The van der Waals surface area contributed by atoms with Crippen molar-refractivity contribution >= 4 is 5.91 Å². The van der Waals surface area contributed by atoms with E-state index in [1.54, 1.807) is 6.92 Å². The molecule has 1 unspecified atom stereocenters. The molecule has 0 bridgehead atoms. The number of ether oxygens (including phenoxy) is 1. The molecule has 0 aliphatic heterocycles. The summed E-state index contributed by atoms with van der Waals surface area (Å²) < 4.78 is 5.71. The lowest BCUT2D eigenvalue weighted by molar-refractivity contribution is -0.119. The summed E-state index contributed by atoms with van der Waals surface area (Å²) in [7, 11) is 0. The van der Waals surface area contributed by atoms with Gasteiger partial charge in [-0.1, -0.05) is 42.5 Å². The minimum atomic E-state index is -0.333. The number of rotatable bonds is 5. The third-order valence-electron chi connectivity index (χ3n) is 3.03. The van der Waals surface area contributed by atoms with Crippen LogP contribution in [0.25, 0.3) is 0 Å². The van der Waals surface area contributed by atoms with Crippen LogP contribution in [0.3, 0.4) is 0 Å². The molecule has 0 aliphatic rings. The van der Waals surface area contributed by atoms with E-state index in [1.807, 2.05) is 54.6 Å². The molecule has 3 heteroatoms. The molecule has 0 aromatic heterocycles. The van der Waals surface area contributed by atoms with Crippen molar-refractivity contribution in [2.24, 2.45) is 5.73 Å². The van der Waals surface area contributed by atoms with E-state index in [2.05, 4.69) is 0 Å². The molecule has 0 aliphatic carbocycles. The molecular formula is C16H17NO2. The molecule has 2 rings (SSSR count). The van der Waals surface area contributed by atoms with Crippen molar-refractivity contribution in [3.8, 4) is 5.75 Å².